The van der Waals surface area contributed by atoms with Crippen LogP contribution in [0.3, 0.4) is 0 Å². The number of nitrogens with zero attached hydrogens (tertiary/aromatic N) is 3. The number of hydrogen-bond acceptors (Lipinski definition) is 7. The van der Waals surface area contributed by atoms with Gasteiger partial charge in [-0.2, -0.15) is 0 Å². The molecule has 2 N–H and O–H groups in total. The summed E-state index contributed by atoms with van der Waals surface area (Å²) in [5.41, 5.74) is 2.37. The molecule has 2 saturated heterocycles. The Morgan fingerprint density at radius 1 is 1.05 bits per heavy atom. The van der Waals surface area contributed by atoms with E-state index in [1.165, 1.54) is 0 Å². The average molecular weight is 598 g/mol. The molecule has 1 atom stereocenters. The Bertz CT molecular complexity index is 1450. The van der Waals surface area contributed by atoms with Gasteiger partial charge in [-0.15, -0.1) is 0 Å². The molecular weight excluding hydrogens is 559 g/mol. The summed E-state index contributed by atoms with van der Waals surface area (Å²) in [6.07, 6.45) is 3.68. The highest BCUT2D eigenvalue weighted by Gasteiger charge is 2.34. The molecule has 2 aliphatic heterocycles. The third-order valence-electron chi connectivity index (χ3n) is 8.75. The molecule has 0 saturated carbocycles. The molecule has 0 spiro atoms. The number of pyridine rings is 1. The Kier molecular flexibility index (Phi) is 10.2. The number of morpholine rings is 1. The molecule has 3 aromatic rings. The van der Waals surface area contributed by atoms with E-state index in [1.807, 2.05) is 24.4 Å². The highest BCUT2D eigenvalue weighted by atomic mass is 19.2. The van der Waals surface area contributed by atoms with Crippen LogP contribution in [0.5, 0.6) is 5.75 Å². The van der Waals surface area contributed by atoms with Gasteiger partial charge < -0.3 is 19.7 Å². The number of aromatic nitrogens is 1. The van der Waals surface area contributed by atoms with Crippen LogP contribution >= 0.6 is 0 Å². The number of piperidine rings is 1. The zero-order valence-electron chi connectivity index (χ0n) is 24.4. The monoisotopic (exact) mass is 597 g/mol. The van der Waals surface area contributed by atoms with Crippen molar-refractivity contribution in [2.45, 2.75) is 38.3 Å². The summed E-state index contributed by atoms with van der Waals surface area (Å²) in [5.74, 6) is 2.30. The Morgan fingerprint density at radius 2 is 1.77 bits per heavy atom. The first-order valence-corrected chi connectivity index (χ1v) is 14.7. The van der Waals surface area contributed by atoms with Gasteiger partial charge in [0.15, 0.2) is 17.5 Å². The highest BCUT2D eigenvalue weighted by Crippen LogP contribution is 2.40. The number of methoxy groups -OCH3 is 1. The second-order valence-electron chi connectivity index (χ2n) is 11.5. The molecule has 230 valence electrons. The minimum Gasteiger partial charge on any atom is -0.497 e. The number of benzene rings is 2. The number of fused-ring (bicyclic) bond motifs is 1. The van der Waals surface area contributed by atoms with Gasteiger partial charge >= 0.3 is 0 Å². The lowest BCUT2D eigenvalue weighted by molar-refractivity contribution is 0.0262. The van der Waals surface area contributed by atoms with Crippen LogP contribution in [-0.2, 0) is 11.3 Å². The maximum absolute atomic E-state index is 13.5. The summed E-state index contributed by atoms with van der Waals surface area (Å²) < 4.78 is 51.1. The van der Waals surface area contributed by atoms with Crippen molar-refractivity contribution in [1.82, 2.24) is 14.8 Å². The molecule has 1 unspecified atom stereocenters. The van der Waals surface area contributed by atoms with E-state index < -0.39 is 23.6 Å². The summed E-state index contributed by atoms with van der Waals surface area (Å²) in [7, 11) is 1.62. The third-order valence-corrected chi connectivity index (χ3v) is 8.75. The van der Waals surface area contributed by atoms with E-state index in [-0.39, 0.29) is 17.6 Å². The minimum atomic E-state index is -1.50. The van der Waals surface area contributed by atoms with E-state index in [4.69, 9.17) is 9.47 Å². The van der Waals surface area contributed by atoms with Crippen LogP contribution in [0, 0.1) is 34.7 Å². The fourth-order valence-corrected chi connectivity index (χ4v) is 6.02. The number of aliphatic hydroxyl groups excluding tert-OH is 2. The molecule has 5 rings (SSSR count). The standard InChI is InChI=1S/C33H38F3N3O4/c1-42-25-4-5-29-26(19-25)31(24(20-37-29)21-39-13-15-43-16-14-39)30(41)6-7-33(22-40)8-11-38(12-9-33)10-2-3-23-17-27(34)32(36)28(35)18-23/h4-5,17-20,30,40-41H,6-16,21-22H2,1H3. The average Bonchev–Trinajstić information content (AvgIpc) is 3.03. The molecule has 2 aromatic carbocycles. The lowest BCUT2D eigenvalue weighted by atomic mass is 9.74. The Balaban J connectivity index is 1.25. The van der Waals surface area contributed by atoms with Gasteiger partial charge in [-0.1, -0.05) is 11.8 Å². The molecular formula is C33H38F3N3O4. The van der Waals surface area contributed by atoms with Crippen LogP contribution in [0.1, 0.15) is 48.5 Å². The molecule has 7 nitrogen and oxygen atoms in total. The number of rotatable bonds is 9. The summed E-state index contributed by atoms with van der Waals surface area (Å²) in [4.78, 5) is 9.10. The molecule has 0 amide bonds. The zero-order chi connectivity index (χ0) is 30.4. The van der Waals surface area contributed by atoms with Crippen molar-refractivity contribution >= 4 is 10.9 Å². The van der Waals surface area contributed by atoms with Gasteiger partial charge in [0.25, 0.3) is 0 Å². The Hall–Kier alpha value is -3.20. The predicted octanol–water partition coefficient (Wildman–Crippen LogP) is 4.43. The molecule has 3 heterocycles. The molecule has 43 heavy (non-hydrogen) atoms. The summed E-state index contributed by atoms with van der Waals surface area (Å²) in [6.45, 7) is 5.43. The number of halogens is 3. The quantitative estimate of drug-likeness (QED) is 0.279. The lowest BCUT2D eigenvalue weighted by Crippen LogP contribution is -2.42. The normalized spacial score (nSPS) is 18.3. The highest BCUT2D eigenvalue weighted by molar-refractivity contribution is 5.85. The SMILES string of the molecule is COc1ccc2ncc(CN3CCOCC3)c(C(O)CCC3(CO)CCN(CC#Cc4cc(F)c(F)c(F)c4)CC3)c2c1. The topological polar surface area (TPSA) is 78.3 Å². The van der Waals surface area contributed by atoms with Gasteiger partial charge in [0.05, 0.1) is 38.5 Å². The molecule has 0 bridgehead atoms. The van der Waals surface area contributed by atoms with Gasteiger partial charge in [-0.05, 0) is 85.6 Å². The van der Waals surface area contributed by atoms with Gasteiger partial charge in [-0.25, -0.2) is 13.2 Å². The number of aliphatic hydroxyl groups is 2. The van der Waals surface area contributed by atoms with E-state index in [2.05, 4.69) is 26.6 Å². The first kappa shape index (κ1) is 31.2. The zero-order valence-corrected chi connectivity index (χ0v) is 24.4. The maximum Gasteiger partial charge on any atom is 0.194 e. The third kappa shape index (κ3) is 7.48. The van der Waals surface area contributed by atoms with Gasteiger partial charge in [0.1, 0.15) is 5.75 Å². The van der Waals surface area contributed by atoms with Crippen molar-refractivity contribution in [3.63, 3.8) is 0 Å². The van der Waals surface area contributed by atoms with E-state index in [9.17, 15) is 23.4 Å². The molecule has 10 heteroatoms. The first-order valence-electron chi connectivity index (χ1n) is 14.7. The van der Waals surface area contributed by atoms with Crippen LogP contribution in [0.25, 0.3) is 10.9 Å². The predicted molar refractivity (Wildman–Crippen MR) is 157 cm³/mol. The Morgan fingerprint density at radius 3 is 2.44 bits per heavy atom. The van der Waals surface area contributed by atoms with Gasteiger partial charge in [0, 0.05) is 43.4 Å². The van der Waals surface area contributed by atoms with Crippen molar-refractivity contribution in [2.24, 2.45) is 5.41 Å². The maximum atomic E-state index is 13.5. The fraction of sp³-hybridized carbons (Fsp3) is 0.485. The van der Waals surface area contributed by atoms with Crippen LogP contribution < -0.4 is 4.74 Å². The smallest absolute Gasteiger partial charge is 0.194 e. The van der Waals surface area contributed by atoms with Crippen molar-refractivity contribution in [2.75, 3.05) is 59.7 Å². The number of hydrogen-bond donors (Lipinski definition) is 2. The van der Waals surface area contributed by atoms with E-state index in [0.717, 1.165) is 60.1 Å². The second kappa shape index (κ2) is 14.1. The van der Waals surface area contributed by atoms with Crippen molar-refractivity contribution in [3.05, 3.63) is 70.7 Å². The van der Waals surface area contributed by atoms with Crippen LogP contribution in [0.4, 0.5) is 13.2 Å². The molecule has 1 aromatic heterocycles. The van der Waals surface area contributed by atoms with E-state index >= 15 is 0 Å². The first-order chi connectivity index (χ1) is 20.8. The molecule has 2 aliphatic rings. The molecule has 0 aliphatic carbocycles. The number of likely N-dealkylation sites (tertiary alicyclic amines) is 1. The molecule has 2 fully saturated rings. The summed E-state index contributed by atoms with van der Waals surface area (Å²) in [6, 6.07) is 7.47. The van der Waals surface area contributed by atoms with Crippen molar-refractivity contribution in [3.8, 4) is 17.6 Å². The molecule has 0 radical (unpaired) electrons. The number of ether oxygens (including phenoxy) is 2. The fourth-order valence-electron chi connectivity index (χ4n) is 6.02. The largest absolute Gasteiger partial charge is 0.497 e. The van der Waals surface area contributed by atoms with E-state index in [0.29, 0.717) is 58.0 Å². The minimum absolute atomic E-state index is 0.0128. The van der Waals surface area contributed by atoms with Crippen molar-refractivity contribution < 1.29 is 32.9 Å². The van der Waals surface area contributed by atoms with Crippen LogP contribution in [0.15, 0.2) is 36.5 Å². The van der Waals surface area contributed by atoms with Crippen LogP contribution in [-0.4, -0.2) is 84.7 Å². The van der Waals surface area contributed by atoms with Gasteiger partial charge in [0.2, 0.25) is 0 Å². The van der Waals surface area contributed by atoms with E-state index in [1.54, 1.807) is 7.11 Å². The van der Waals surface area contributed by atoms with Crippen LogP contribution in [0.2, 0.25) is 0 Å². The van der Waals surface area contributed by atoms with Gasteiger partial charge in [-0.3, -0.25) is 14.8 Å². The second-order valence-corrected chi connectivity index (χ2v) is 11.5. The Labute approximate surface area is 250 Å². The lowest BCUT2D eigenvalue weighted by Gasteiger charge is -2.40. The summed E-state index contributed by atoms with van der Waals surface area (Å²) in [5, 5.41) is 23.0. The summed E-state index contributed by atoms with van der Waals surface area (Å²) >= 11 is 0. The van der Waals surface area contributed by atoms with Crippen molar-refractivity contribution in [1.29, 1.82) is 0 Å².